The maximum Gasteiger partial charge on any atom is 0.296 e. The molecule has 2 aromatic carbocycles. The van der Waals surface area contributed by atoms with Crippen LogP contribution in [0.4, 0.5) is 10.1 Å². The molecule has 0 bridgehead atoms. The van der Waals surface area contributed by atoms with E-state index < -0.39 is 17.5 Å². The summed E-state index contributed by atoms with van der Waals surface area (Å²) in [4.78, 5) is 27.3. The Balaban J connectivity index is 1.86. The molecule has 3 rings (SSSR count). The summed E-state index contributed by atoms with van der Waals surface area (Å²) in [6.07, 6.45) is 1.41. The van der Waals surface area contributed by atoms with Gasteiger partial charge >= 0.3 is 0 Å². The molecule has 0 aliphatic rings. The molecule has 3 aromatic rings. The maximum absolute atomic E-state index is 13.2. The van der Waals surface area contributed by atoms with E-state index in [4.69, 9.17) is 0 Å². The summed E-state index contributed by atoms with van der Waals surface area (Å²) in [5.74, 6) is -1.84. The lowest BCUT2D eigenvalue weighted by molar-refractivity contribution is -0.112. The number of H-pyrrole nitrogens is 1. The van der Waals surface area contributed by atoms with Crippen molar-refractivity contribution in [3.05, 3.63) is 64.0 Å². The second-order valence-corrected chi connectivity index (χ2v) is 5.99. The van der Waals surface area contributed by atoms with Gasteiger partial charge in [0, 0.05) is 27.3 Å². The van der Waals surface area contributed by atoms with Crippen LogP contribution in [0.3, 0.4) is 0 Å². The maximum atomic E-state index is 13.2. The van der Waals surface area contributed by atoms with Crippen LogP contribution < -0.4 is 5.32 Å². The number of fused-ring (bicyclic) bond motifs is 1. The SMILES string of the molecule is Cc1ccc(NC(=O)C(=O)c2c[nH]c3cc(F)ccc23)cc1Br. The number of nitrogens with one attached hydrogen (secondary N) is 2. The molecule has 0 unspecified atom stereocenters. The number of ketones is 1. The quantitative estimate of drug-likeness (QED) is 0.533. The van der Waals surface area contributed by atoms with Crippen molar-refractivity contribution >= 4 is 44.2 Å². The number of hydrogen-bond donors (Lipinski definition) is 2. The number of aryl methyl sites for hydroxylation is 1. The van der Waals surface area contributed by atoms with Gasteiger partial charge in [-0.1, -0.05) is 22.0 Å². The number of rotatable bonds is 3. The Labute approximate surface area is 139 Å². The summed E-state index contributed by atoms with van der Waals surface area (Å²) < 4.78 is 14.0. The van der Waals surface area contributed by atoms with Gasteiger partial charge in [0.2, 0.25) is 0 Å². The van der Waals surface area contributed by atoms with Crippen molar-refractivity contribution in [1.29, 1.82) is 0 Å². The first-order valence-corrected chi connectivity index (χ1v) is 7.63. The van der Waals surface area contributed by atoms with E-state index in [1.807, 2.05) is 13.0 Å². The highest BCUT2D eigenvalue weighted by atomic mass is 79.9. The minimum Gasteiger partial charge on any atom is -0.360 e. The Hall–Kier alpha value is -2.47. The molecule has 0 spiro atoms. The van der Waals surface area contributed by atoms with Crippen molar-refractivity contribution in [2.24, 2.45) is 0 Å². The van der Waals surface area contributed by atoms with Crippen LogP contribution in [0.15, 0.2) is 47.1 Å². The summed E-state index contributed by atoms with van der Waals surface area (Å²) in [6, 6.07) is 9.28. The number of amides is 1. The van der Waals surface area contributed by atoms with Crippen molar-refractivity contribution in [2.45, 2.75) is 6.92 Å². The van der Waals surface area contributed by atoms with Crippen LogP contribution in [0.2, 0.25) is 0 Å². The average molecular weight is 375 g/mol. The molecule has 0 fully saturated rings. The Bertz CT molecular complexity index is 933. The van der Waals surface area contributed by atoms with Crippen molar-refractivity contribution in [2.75, 3.05) is 5.32 Å². The van der Waals surface area contributed by atoms with Crippen molar-refractivity contribution < 1.29 is 14.0 Å². The van der Waals surface area contributed by atoms with Crippen molar-refractivity contribution in [1.82, 2.24) is 4.98 Å². The number of aromatic nitrogens is 1. The highest BCUT2D eigenvalue weighted by molar-refractivity contribution is 9.10. The fraction of sp³-hybridized carbons (Fsp3) is 0.0588. The highest BCUT2D eigenvalue weighted by Crippen LogP contribution is 2.22. The fourth-order valence-electron chi connectivity index (χ4n) is 2.27. The van der Waals surface area contributed by atoms with Crippen LogP contribution in [-0.2, 0) is 4.79 Å². The third kappa shape index (κ3) is 3.03. The van der Waals surface area contributed by atoms with E-state index in [1.165, 1.54) is 24.4 Å². The average Bonchev–Trinajstić information content (AvgIpc) is 2.93. The predicted octanol–water partition coefficient (Wildman–Crippen LogP) is 4.20. The van der Waals surface area contributed by atoms with E-state index in [-0.39, 0.29) is 5.56 Å². The van der Waals surface area contributed by atoms with Crippen LogP contribution in [-0.4, -0.2) is 16.7 Å². The molecular weight excluding hydrogens is 363 g/mol. The third-order valence-corrected chi connectivity index (χ3v) is 4.38. The van der Waals surface area contributed by atoms with E-state index in [0.717, 1.165) is 10.0 Å². The van der Waals surface area contributed by atoms with Gasteiger partial charge in [-0.05, 0) is 42.8 Å². The highest BCUT2D eigenvalue weighted by Gasteiger charge is 2.20. The largest absolute Gasteiger partial charge is 0.360 e. The number of carbonyl (C=O) groups is 2. The molecule has 0 aliphatic carbocycles. The second-order valence-electron chi connectivity index (χ2n) is 5.14. The second kappa shape index (κ2) is 5.96. The van der Waals surface area contributed by atoms with E-state index in [9.17, 15) is 14.0 Å². The summed E-state index contributed by atoms with van der Waals surface area (Å²) >= 11 is 3.37. The monoisotopic (exact) mass is 374 g/mol. The van der Waals surface area contributed by atoms with Gasteiger partial charge in [-0.2, -0.15) is 0 Å². The number of anilines is 1. The van der Waals surface area contributed by atoms with E-state index in [1.54, 1.807) is 12.1 Å². The minimum absolute atomic E-state index is 0.212. The summed E-state index contributed by atoms with van der Waals surface area (Å²) in [7, 11) is 0. The number of aromatic amines is 1. The molecule has 1 amide bonds. The zero-order chi connectivity index (χ0) is 16.6. The van der Waals surface area contributed by atoms with Gasteiger partial charge in [-0.3, -0.25) is 9.59 Å². The van der Waals surface area contributed by atoms with Gasteiger partial charge in [0.15, 0.2) is 0 Å². The Morgan fingerprint density at radius 3 is 2.70 bits per heavy atom. The van der Waals surface area contributed by atoms with Crippen LogP contribution in [0.5, 0.6) is 0 Å². The van der Waals surface area contributed by atoms with Crippen molar-refractivity contribution in [3.63, 3.8) is 0 Å². The number of carbonyl (C=O) groups excluding carboxylic acids is 2. The molecule has 0 aliphatic heterocycles. The Morgan fingerprint density at radius 2 is 1.96 bits per heavy atom. The zero-order valence-corrected chi connectivity index (χ0v) is 13.7. The molecule has 4 nitrogen and oxygen atoms in total. The number of benzene rings is 2. The van der Waals surface area contributed by atoms with Gasteiger partial charge in [0.25, 0.3) is 11.7 Å². The molecule has 0 saturated heterocycles. The zero-order valence-electron chi connectivity index (χ0n) is 12.1. The van der Waals surface area contributed by atoms with E-state index in [2.05, 4.69) is 26.2 Å². The summed E-state index contributed by atoms with van der Waals surface area (Å²) in [6.45, 7) is 1.92. The van der Waals surface area contributed by atoms with E-state index >= 15 is 0 Å². The van der Waals surface area contributed by atoms with Gasteiger partial charge in [-0.25, -0.2) is 4.39 Å². The summed E-state index contributed by atoms with van der Waals surface area (Å²) in [5.41, 5.74) is 2.22. The fourth-order valence-corrected chi connectivity index (χ4v) is 2.65. The molecule has 0 saturated carbocycles. The number of Topliss-reactive ketones (excluding diaryl/α,β-unsaturated/α-hetero) is 1. The Morgan fingerprint density at radius 1 is 1.17 bits per heavy atom. The third-order valence-electron chi connectivity index (χ3n) is 3.52. The molecule has 1 heterocycles. The lowest BCUT2D eigenvalue weighted by Crippen LogP contribution is -2.22. The van der Waals surface area contributed by atoms with Gasteiger partial charge < -0.3 is 10.3 Å². The lowest BCUT2D eigenvalue weighted by atomic mass is 10.1. The first-order valence-electron chi connectivity index (χ1n) is 6.84. The lowest BCUT2D eigenvalue weighted by Gasteiger charge is -2.06. The van der Waals surface area contributed by atoms with E-state index in [0.29, 0.717) is 16.6 Å². The smallest absolute Gasteiger partial charge is 0.296 e. The molecule has 2 N–H and O–H groups in total. The van der Waals surface area contributed by atoms with Crippen LogP contribution in [0, 0.1) is 12.7 Å². The number of hydrogen-bond acceptors (Lipinski definition) is 2. The molecule has 0 radical (unpaired) electrons. The van der Waals surface area contributed by atoms with Gasteiger partial charge in [0.05, 0.1) is 5.56 Å². The first-order chi connectivity index (χ1) is 11.0. The van der Waals surface area contributed by atoms with Crippen LogP contribution in [0.25, 0.3) is 10.9 Å². The molecule has 116 valence electrons. The normalized spacial score (nSPS) is 10.7. The topological polar surface area (TPSA) is 62.0 Å². The standard InChI is InChI=1S/C17H12BrFN2O2/c1-9-2-4-11(7-14(9)18)21-17(23)16(22)13-8-20-15-6-10(19)3-5-12(13)15/h2-8,20H,1H3,(H,21,23). The van der Waals surface area contributed by atoms with Crippen molar-refractivity contribution in [3.8, 4) is 0 Å². The molecule has 1 aromatic heterocycles. The van der Waals surface area contributed by atoms with Gasteiger partial charge in [-0.15, -0.1) is 0 Å². The molecule has 23 heavy (non-hydrogen) atoms. The molecule has 6 heteroatoms. The van der Waals surface area contributed by atoms with Gasteiger partial charge in [0.1, 0.15) is 5.82 Å². The predicted molar refractivity (Wildman–Crippen MR) is 90.1 cm³/mol. The van der Waals surface area contributed by atoms with Crippen LogP contribution in [0.1, 0.15) is 15.9 Å². The molecule has 0 atom stereocenters. The minimum atomic E-state index is -0.744. The van der Waals surface area contributed by atoms with Crippen LogP contribution >= 0.6 is 15.9 Å². The molecular formula is C17H12BrFN2O2. The Kier molecular flexibility index (Phi) is 4.00. The first kappa shape index (κ1) is 15.4. The summed E-state index contributed by atoms with van der Waals surface area (Å²) in [5, 5.41) is 3.08. The number of halogens is 2.